The highest BCUT2D eigenvalue weighted by Gasteiger charge is 2.51. The van der Waals surface area contributed by atoms with Crippen LogP contribution in [-0.4, -0.2) is 4.32 Å². The summed E-state index contributed by atoms with van der Waals surface area (Å²) in [5.74, 6) is 0. The van der Waals surface area contributed by atoms with Crippen molar-refractivity contribution in [1.82, 2.24) is 0 Å². The molecule has 0 fully saturated rings. The van der Waals surface area contributed by atoms with Crippen LogP contribution in [0.2, 0.25) is 0 Å². The average molecular weight is 263 g/mol. The zero-order valence-corrected chi connectivity index (χ0v) is 13.0. The van der Waals surface area contributed by atoms with Crippen LogP contribution in [0.25, 0.3) is 0 Å². The number of rotatable bonds is 2. The molecule has 0 aromatic carbocycles. The summed E-state index contributed by atoms with van der Waals surface area (Å²) in [5, 5.41) is 0. The second-order valence-electron chi connectivity index (χ2n) is 6.97. The normalized spacial score (nSPS) is 15.9. The summed E-state index contributed by atoms with van der Waals surface area (Å²) in [7, 11) is 0. The van der Waals surface area contributed by atoms with Crippen LogP contribution in [0, 0.1) is 16.2 Å². The largest absolute Gasteiger partial charge is 0.0853 e. The molecule has 0 rings (SSSR count). The van der Waals surface area contributed by atoms with Crippen LogP contribution in [0.15, 0.2) is 0 Å². The monoisotopic (exact) mass is 262 g/mol. The summed E-state index contributed by atoms with van der Waals surface area (Å²) in [5.41, 5.74) is 0.812. The minimum Gasteiger partial charge on any atom is -0.0853 e. The molecule has 14 heavy (non-hydrogen) atoms. The Bertz CT molecular complexity index is 174. The van der Waals surface area contributed by atoms with Crippen molar-refractivity contribution in [3.8, 4) is 0 Å². The number of halogens is 1. The Balaban J connectivity index is 5.30. The van der Waals surface area contributed by atoms with Gasteiger partial charge in [0.1, 0.15) is 0 Å². The van der Waals surface area contributed by atoms with E-state index in [1.807, 2.05) is 0 Å². The molecule has 0 heterocycles. The van der Waals surface area contributed by atoms with Crippen LogP contribution in [0.5, 0.6) is 0 Å². The van der Waals surface area contributed by atoms with E-state index in [1.165, 1.54) is 0 Å². The summed E-state index contributed by atoms with van der Waals surface area (Å²) < 4.78 is 0.150. The minimum absolute atomic E-state index is 0.150. The van der Waals surface area contributed by atoms with Crippen molar-refractivity contribution in [2.75, 3.05) is 0 Å². The van der Waals surface area contributed by atoms with Crippen molar-refractivity contribution in [1.29, 1.82) is 0 Å². The quantitative estimate of drug-likeness (QED) is 0.596. The van der Waals surface area contributed by atoms with Gasteiger partial charge < -0.3 is 0 Å². The van der Waals surface area contributed by atoms with Gasteiger partial charge >= 0.3 is 0 Å². The molecular weight excluding hydrogens is 236 g/mol. The van der Waals surface area contributed by atoms with Crippen molar-refractivity contribution in [2.45, 2.75) is 66.6 Å². The van der Waals surface area contributed by atoms with Crippen molar-refractivity contribution in [2.24, 2.45) is 16.2 Å². The third-order valence-corrected chi connectivity index (χ3v) is 5.91. The molecular formula is C13H27Br. The topological polar surface area (TPSA) is 0 Å². The molecule has 0 atom stereocenters. The van der Waals surface area contributed by atoms with Gasteiger partial charge in [-0.3, -0.25) is 0 Å². The second kappa shape index (κ2) is 3.50. The number of hydrogen-bond acceptors (Lipinski definition) is 0. The predicted octanol–water partition coefficient (Wildman–Crippen LogP) is 5.26. The van der Waals surface area contributed by atoms with Crippen LogP contribution in [0.1, 0.15) is 62.3 Å². The van der Waals surface area contributed by atoms with Gasteiger partial charge in [-0.1, -0.05) is 64.4 Å². The Morgan fingerprint density at radius 3 is 0.929 bits per heavy atom. The maximum absolute atomic E-state index is 3.83. The Hall–Kier alpha value is 0.480. The van der Waals surface area contributed by atoms with E-state index >= 15 is 0 Å². The molecule has 0 N–H and O–H groups in total. The standard InChI is InChI=1S/C13H27Br/c1-10(2,3)11(4,5)12(6,7)13(8,9)14/h1-9H3. The fourth-order valence-corrected chi connectivity index (χ4v) is 2.18. The molecule has 0 radical (unpaired) electrons. The highest BCUT2D eigenvalue weighted by molar-refractivity contribution is 9.10. The second-order valence-corrected chi connectivity index (χ2v) is 8.95. The minimum atomic E-state index is 0.150. The van der Waals surface area contributed by atoms with Gasteiger partial charge in [0, 0.05) is 4.32 Å². The summed E-state index contributed by atoms with van der Waals surface area (Å²) >= 11 is 3.83. The fourth-order valence-electron chi connectivity index (χ4n) is 1.68. The van der Waals surface area contributed by atoms with Gasteiger partial charge in [-0.2, -0.15) is 0 Å². The van der Waals surface area contributed by atoms with E-state index in [0.29, 0.717) is 5.41 Å². The molecule has 1 heteroatoms. The summed E-state index contributed by atoms with van der Waals surface area (Å²) in [6.07, 6.45) is 0. The van der Waals surface area contributed by atoms with E-state index in [1.54, 1.807) is 0 Å². The molecule has 0 aromatic heterocycles. The molecule has 86 valence electrons. The Kier molecular flexibility index (Phi) is 3.62. The van der Waals surface area contributed by atoms with Gasteiger partial charge in [-0.05, 0) is 30.1 Å². The summed E-state index contributed by atoms with van der Waals surface area (Å²) in [6, 6.07) is 0. The molecule has 0 aromatic rings. The maximum Gasteiger partial charge on any atom is 0.0257 e. The van der Waals surface area contributed by atoms with Crippen molar-refractivity contribution in [3.63, 3.8) is 0 Å². The first-order valence-corrected chi connectivity index (χ1v) is 6.23. The Morgan fingerprint density at radius 2 is 0.857 bits per heavy atom. The van der Waals surface area contributed by atoms with Gasteiger partial charge in [-0.25, -0.2) is 0 Å². The zero-order valence-electron chi connectivity index (χ0n) is 11.4. The third-order valence-electron chi connectivity index (χ3n) is 4.92. The van der Waals surface area contributed by atoms with E-state index < -0.39 is 0 Å². The molecule has 0 saturated carbocycles. The van der Waals surface area contributed by atoms with Crippen molar-refractivity contribution >= 4 is 15.9 Å². The van der Waals surface area contributed by atoms with Crippen molar-refractivity contribution in [3.05, 3.63) is 0 Å². The highest BCUT2D eigenvalue weighted by atomic mass is 79.9. The molecule has 0 amide bonds. The van der Waals surface area contributed by atoms with E-state index in [2.05, 4.69) is 78.2 Å². The van der Waals surface area contributed by atoms with Crippen LogP contribution in [-0.2, 0) is 0 Å². The third kappa shape index (κ3) is 2.18. The molecule has 0 aliphatic rings. The molecule has 0 unspecified atom stereocenters. The zero-order chi connectivity index (χ0) is 12.0. The average Bonchev–Trinajstić information content (AvgIpc) is 1.81. The smallest absolute Gasteiger partial charge is 0.0257 e. The van der Waals surface area contributed by atoms with Crippen LogP contribution < -0.4 is 0 Å². The molecule has 0 spiro atoms. The molecule has 0 saturated heterocycles. The predicted molar refractivity (Wildman–Crippen MR) is 70.0 cm³/mol. The van der Waals surface area contributed by atoms with Gasteiger partial charge in [-0.15, -0.1) is 0 Å². The molecule has 0 bridgehead atoms. The molecule has 0 aliphatic heterocycles. The first-order chi connectivity index (χ1) is 5.75. The van der Waals surface area contributed by atoms with E-state index in [4.69, 9.17) is 0 Å². The highest BCUT2D eigenvalue weighted by Crippen LogP contribution is 2.58. The number of hydrogen-bond donors (Lipinski definition) is 0. The lowest BCUT2D eigenvalue weighted by Crippen LogP contribution is -2.51. The van der Waals surface area contributed by atoms with Crippen LogP contribution in [0.4, 0.5) is 0 Å². The first kappa shape index (κ1) is 14.5. The lowest BCUT2D eigenvalue weighted by molar-refractivity contribution is -0.0254. The summed E-state index contributed by atoms with van der Waals surface area (Å²) in [6.45, 7) is 21.0. The van der Waals surface area contributed by atoms with E-state index in [0.717, 1.165) is 0 Å². The summed E-state index contributed by atoms with van der Waals surface area (Å²) in [4.78, 5) is 0. The number of alkyl halides is 1. The lowest BCUT2D eigenvalue weighted by atomic mass is 9.52. The van der Waals surface area contributed by atoms with Crippen LogP contribution in [0.3, 0.4) is 0 Å². The maximum atomic E-state index is 3.83. The van der Waals surface area contributed by atoms with Gasteiger partial charge in [0.2, 0.25) is 0 Å². The van der Waals surface area contributed by atoms with E-state index in [9.17, 15) is 0 Å². The SMILES string of the molecule is CC(C)(C)C(C)(C)C(C)(C)C(C)(C)Br. The molecule has 0 nitrogen and oxygen atoms in total. The van der Waals surface area contributed by atoms with Crippen molar-refractivity contribution < 1.29 is 0 Å². The lowest BCUT2D eigenvalue weighted by Gasteiger charge is -2.56. The first-order valence-electron chi connectivity index (χ1n) is 5.44. The van der Waals surface area contributed by atoms with Gasteiger partial charge in [0.05, 0.1) is 0 Å². The Morgan fingerprint density at radius 1 is 0.571 bits per heavy atom. The van der Waals surface area contributed by atoms with Gasteiger partial charge in [0.25, 0.3) is 0 Å². The van der Waals surface area contributed by atoms with Crippen LogP contribution >= 0.6 is 15.9 Å². The van der Waals surface area contributed by atoms with E-state index in [-0.39, 0.29) is 15.2 Å². The molecule has 0 aliphatic carbocycles. The Labute approximate surface area is 99.0 Å². The fraction of sp³-hybridized carbons (Fsp3) is 1.00. The van der Waals surface area contributed by atoms with Gasteiger partial charge in [0.15, 0.2) is 0 Å².